The van der Waals surface area contributed by atoms with Crippen molar-refractivity contribution in [2.45, 2.75) is 19.1 Å². The standard InChI is InChI=1S/C10H24N2O3/c1-9(7-14-3)15-8-10(13)6-12(2)5-4-11/h9-10,13H,4-8,11H2,1-3H3. The lowest BCUT2D eigenvalue weighted by atomic mass is 10.3. The molecule has 0 bridgehead atoms. The number of hydrogen-bond acceptors (Lipinski definition) is 5. The van der Waals surface area contributed by atoms with Crippen molar-refractivity contribution in [3.63, 3.8) is 0 Å². The number of nitrogens with two attached hydrogens (primary N) is 1. The summed E-state index contributed by atoms with van der Waals surface area (Å²) in [5.74, 6) is 0. The Morgan fingerprint density at radius 1 is 1.40 bits per heavy atom. The van der Waals surface area contributed by atoms with E-state index in [1.807, 2.05) is 18.9 Å². The summed E-state index contributed by atoms with van der Waals surface area (Å²) >= 11 is 0. The van der Waals surface area contributed by atoms with E-state index in [-0.39, 0.29) is 6.10 Å². The fourth-order valence-electron chi connectivity index (χ4n) is 1.28. The topological polar surface area (TPSA) is 68.0 Å². The molecule has 0 radical (unpaired) electrons. The molecule has 5 nitrogen and oxygen atoms in total. The molecule has 5 heteroatoms. The maximum Gasteiger partial charge on any atom is 0.0900 e. The molecule has 0 aromatic heterocycles. The highest BCUT2D eigenvalue weighted by molar-refractivity contribution is 4.61. The van der Waals surface area contributed by atoms with Crippen LogP contribution in [0.15, 0.2) is 0 Å². The van der Waals surface area contributed by atoms with Gasteiger partial charge in [-0.05, 0) is 14.0 Å². The van der Waals surface area contributed by atoms with Crippen LogP contribution in [0.4, 0.5) is 0 Å². The molecule has 0 amide bonds. The van der Waals surface area contributed by atoms with Gasteiger partial charge in [-0.1, -0.05) is 0 Å². The van der Waals surface area contributed by atoms with Gasteiger partial charge in [0.05, 0.1) is 25.4 Å². The van der Waals surface area contributed by atoms with E-state index in [0.29, 0.717) is 26.3 Å². The zero-order valence-corrected chi connectivity index (χ0v) is 9.98. The summed E-state index contributed by atoms with van der Waals surface area (Å²) in [5.41, 5.74) is 5.40. The Kier molecular flexibility index (Phi) is 8.94. The summed E-state index contributed by atoms with van der Waals surface area (Å²) in [6.45, 7) is 4.76. The average molecular weight is 220 g/mol. The molecule has 0 aliphatic heterocycles. The van der Waals surface area contributed by atoms with Crippen LogP contribution < -0.4 is 5.73 Å². The Bertz CT molecular complexity index is 147. The molecule has 0 saturated heterocycles. The van der Waals surface area contributed by atoms with Gasteiger partial charge in [0, 0.05) is 26.7 Å². The Hall–Kier alpha value is -0.200. The monoisotopic (exact) mass is 220 g/mol. The van der Waals surface area contributed by atoms with Crippen molar-refractivity contribution in [3.8, 4) is 0 Å². The molecular formula is C10H24N2O3. The maximum atomic E-state index is 9.62. The van der Waals surface area contributed by atoms with Crippen LogP contribution in [0.1, 0.15) is 6.92 Å². The van der Waals surface area contributed by atoms with E-state index in [0.717, 1.165) is 6.54 Å². The number of methoxy groups -OCH3 is 1. The third kappa shape index (κ3) is 8.77. The fraction of sp³-hybridized carbons (Fsp3) is 1.00. The van der Waals surface area contributed by atoms with Crippen LogP contribution in [0.2, 0.25) is 0 Å². The second-order valence-electron chi connectivity index (χ2n) is 3.80. The molecule has 2 unspecified atom stereocenters. The predicted molar refractivity (Wildman–Crippen MR) is 59.8 cm³/mol. The number of nitrogens with zero attached hydrogens (tertiary/aromatic N) is 1. The summed E-state index contributed by atoms with van der Waals surface area (Å²) in [4.78, 5) is 1.98. The third-order valence-electron chi connectivity index (χ3n) is 2.01. The van der Waals surface area contributed by atoms with E-state index >= 15 is 0 Å². The first-order valence-corrected chi connectivity index (χ1v) is 5.27. The zero-order valence-electron chi connectivity index (χ0n) is 9.98. The first-order chi connectivity index (χ1) is 7.10. The van der Waals surface area contributed by atoms with Crippen molar-refractivity contribution in [2.75, 3.05) is 47.0 Å². The lowest BCUT2D eigenvalue weighted by Gasteiger charge is -2.21. The van der Waals surface area contributed by atoms with Gasteiger partial charge in [-0.2, -0.15) is 0 Å². The summed E-state index contributed by atoms with van der Waals surface area (Å²) in [6, 6.07) is 0. The van der Waals surface area contributed by atoms with E-state index in [9.17, 15) is 5.11 Å². The molecule has 0 aromatic carbocycles. The summed E-state index contributed by atoms with van der Waals surface area (Å²) in [5, 5.41) is 9.62. The predicted octanol–water partition coefficient (Wildman–Crippen LogP) is -0.711. The van der Waals surface area contributed by atoms with Crippen LogP contribution in [-0.2, 0) is 9.47 Å². The van der Waals surface area contributed by atoms with E-state index in [1.54, 1.807) is 7.11 Å². The van der Waals surface area contributed by atoms with Crippen molar-refractivity contribution < 1.29 is 14.6 Å². The lowest BCUT2D eigenvalue weighted by Crippen LogP contribution is -2.36. The molecule has 0 rings (SSSR count). The van der Waals surface area contributed by atoms with Crippen molar-refractivity contribution in [1.82, 2.24) is 4.90 Å². The molecule has 0 aliphatic carbocycles. The summed E-state index contributed by atoms with van der Waals surface area (Å²) in [6.07, 6.45) is -0.453. The Balaban J connectivity index is 3.51. The molecular weight excluding hydrogens is 196 g/mol. The Morgan fingerprint density at radius 3 is 2.60 bits per heavy atom. The molecule has 0 fully saturated rings. The minimum atomic E-state index is -0.471. The molecule has 0 heterocycles. The van der Waals surface area contributed by atoms with Crippen LogP contribution in [0.5, 0.6) is 0 Å². The minimum absolute atomic E-state index is 0.0180. The first kappa shape index (κ1) is 14.8. The van der Waals surface area contributed by atoms with Crippen LogP contribution in [-0.4, -0.2) is 69.2 Å². The summed E-state index contributed by atoms with van der Waals surface area (Å²) < 4.78 is 10.3. The zero-order chi connectivity index (χ0) is 11.7. The second-order valence-corrected chi connectivity index (χ2v) is 3.80. The molecule has 2 atom stereocenters. The van der Waals surface area contributed by atoms with Crippen LogP contribution in [0.25, 0.3) is 0 Å². The third-order valence-corrected chi connectivity index (χ3v) is 2.01. The van der Waals surface area contributed by atoms with E-state index in [1.165, 1.54) is 0 Å². The normalized spacial score (nSPS) is 15.6. The van der Waals surface area contributed by atoms with Gasteiger partial charge in [0.1, 0.15) is 0 Å². The average Bonchev–Trinajstić information content (AvgIpc) is 2.15. The fourth-order valence-corrected chi connectivity index (χ4v) is 1.28. The van der Waals surface area contributed by atoms with Gasteiger partial charge in [-0.15, -0.1) is 0 Å². The van der Waals surface area contributed by atoms with Crippen molar-refractivity contribution >= 4 is 0 Å². The number of rotatable bonds is 9. The van der Waals surface area contributed by atoms with Crippen molar-refractivity contribution in [2.24, 2.45) is 5.73 Å². The van der Waals surface area contributed by atoms with Crippen LogP contribution in [0.3, 0.4) is 0 Å². The van der Waals surface area contributed by atoms with Gasteiger partial charge in [0.15, 0.2) is 0 Å². The molecule has 0 aromatic rings. The van der Waals surface area contributed by atoms with Gasteiger partial charge in [0.2, 0.25) is 0 Å². The van der Waals surface area contributed by atoms with Crippen LogP contribution in [0, 0.1) is 0 Å². The minimum Gasteiger partial charge on any atom is -0.389 e. The molecule has 3 N–H and O–H groups in total. The SMILES string of the molecule is COCC(C)OCC(O)CN(C)CCN. The first-order valence-electron chi connectivity index (χ1n) is 5.27. The maximum absolute atomic E-state index is 9.62. The van der Waals surface area contributed by atoms with Crippen molar-refractivity contribution in [3.05, 3.63) is 0 Å². The van der Waals surface area contributed by atoms with E-state index < -0.39 is 6.10 Å². The second kappa shape index (κ2) is 9.06. The number of ether oxygens (including phenoxy) is 2. The van der Waals surface area contributed by atoms with Gasteiger partial charge in [0.25, 0.3) is 0 Å². The van der Waals surface area contributed by atoms with Gasteiger partial charge < -0.3 is 25.2 Å². The van der Waals surface area contributed by atoms with Gasteiger partial charge in [-0.3, -0.25) is 0 Å². The largest absolute Gasteiger partial charge is 0.389 e. The highest BCUT2D eigenvalue weighted by Crippen LogP contribution is 1.95. The molecule has 0 spiro atoms. The number of hydrogen-bond donors (Lipinski definition) is 2. The Morgan fingerprint density at radius 2 is 2.07 bits per heavy atom. The van der Waals surface area contributed by atoms with E-state index in [4.69, 9.17) is 15.2 Å². The number of aliphatic hydroxyl groups is 1. The van der Waals surface area contributed by atoms with Gasteiger partial charge in [-0.25, -0.2) is 0 Å². The molecule has 92 valence electrons. The quantitative estimate of drug-likeness (QED) is 0.537. The Labute approximate surface area is 92.1 Å². The molecule has 0 saturated carbocycles. The molecule has 0 aliphatic rings. The lowest BCUT2D eigenvalue weighted by molar-refractivity contribution is -0.0378. The highest BCUT2D eigenvalue weighted by Gasteiger charge is 2.10. The van der Waals surface area contributed by atoms with E-state index in [2.05, 4.69) is 0 Å². The smallest absolute Gasteiger partial charge is 0.0900 e. The van der Waals surface area contributed by atoms with Crippen molar-refractivity contribution in [1.29, 1.82) is 0 Å². The molecule has 15 heavy (non-hydrogen) atoms. The number of aliphatic hydroxyl groups excluding tert-OH is 1. The number of likely N-dealkylation sites (N-methyl/N-ethyl adjacent to an activating group) is 1. The summed E-state index contributed by atoms with van der Waals surface area (Å²) in [7, 11) is 3.56. The van der Waals surface area contributed by atoms with Crippen LogP contribution >= 0.6 is 0 Å². The van der Waals surface area contributed by atoms with Gasteiger partial charge >= 0.3 is 0 Å². The highest BCUT2D eigenvalue weighted by atomic mass is 16.5.